The van der Waals surface area contributed by atoms with Gasteiger partial charge in [0.25, 0.3) is 0 Å². The molecule has 1 heterocycles. The SMILES string of the molecule is COC(=O)C1=COC(O)C2C1CCC2C(O)Oc1ccc(/N=N/c2ccccc2)c(O)c1. The molecule has 9 nitrogen and oxygen atoms in total. The third-order valence-corrected chi connectivity index (χ3v) is 5.85. The number of nitrogens with zero attached hydrogens (tertiary/aromatic N) is 2. The van der Waals surface area contributed by atoms with Crippen LogP contribution >= 0.6 is 0 Å². The quantitative estimate of drug-likeness (QED) is 0.356. The maximum Gasteiger partial charge on any atom is 0.337 e. The molecule has 0 saturated heterocycles. The molecule has 32 heavy (non-hydrogen) atoms. The first-order chi connectivity index (χ1) is 15.5. The molecule has 9 heteroatoms. The van der Waals surface area contributed by atoms with Crippen LogP contribution in [0.4, 0.5) is 11.4 Å². The molecule has 2 aliphatic rings. The fourth-order valence-corrected chi connectivity index (χ4v) is 4.29. The summed E-state index contributed by atoms with van der Waals surface area (Å²) in [6, 6.07) is 13.5. The highest BCUT2D eigenvalue weighted by Crippen LogP contribution is 2.47. The number of esters is 1. The van der Waals surface area contributed by atoms with Crippen molar-refractivity contribution in [2.45, 2.75) is 25.4 Å². The molecule has 168 valence electrons. The van der Waals surface area contributed by atoms with Gasteiger partial charge in [0.15, 0.2) is 6.29 Å². The molecular formula is C23H24N2O7. The van der Waals surface area contributed by atoms with E-state index in [1.807, 2.05) is 18.2 Å². The zero-order chi connectivity index (χ0) is 22.7. The van der Waals surface area contributed by atoms with Gasteiger partial charge in [0.05, 0.1) is 24.6 Å². The number of aliphatic hydroxyl groups excluding tert-OH is 2. The van der Waals surface area contributed by atoms with Gasteiger partial charge < -0.3 is 29.5 Å². The minimum absolute atomic E-state index is 0.157. The van der Waals surface area contributed by atoms with Crippen molar-refractivity contribution < 1.29 is 34.3 Å². The second-order valence-electron chi connectivity index (χ2n) is 7.71. The lowest BCUT2D eigenvalue weighted by Crippen LogP contribution is -2.41. The van der Waals surface area contributed by atoms with Gasteiger partial charge in [-0.3, -0.25) is 0 Å². The normalized spacial score (nSPS) is 25.5. The van der Waals surface area contributed by atoms with Crippen molar-refractivity contribution in [3.05, 3.63) is 60.4 Å². The lowest BCUT2D eigenvalue weighted by atomic mass is 9.82. The summed E-state index contributed by atoms with van der Waals surface area (Å²) in [5.41, 5.74) is 1.23. The molecule has 5 atom stereocenters. The van der Waals surface area contributed by atoms with Crippen molar-refractivity contribution in [2.75, 3.05) is 7.11 Å². The molecule has 1 fully saturated rings. The smallest absolute Gasteiger partial charge is 0.337 e. The van der Waals surface area contributed by atoms with E-state index in [2.05, 4.69) is 10.2 Å². The summed E-state index contributed by atoms with van der Waals surface area (Å²) in [4.78, 5) is 12.0. The molecule has 2 aromatic rings. The monoisotopic (exact) mass is 440 g/mol. The third-order valence-electron chi connectivity index (χ3n) is 5.85. The van der Waals surface area contributed by atoms with Gasteiger partial charge in [-0.25, -0.2) is 4.79 Å². The van der Waals surface area contributed by atoms with Gasteiger partial charge in [-0.15, -0.1) is 5.11 Å². The number of carbonyl (C=O) groups excluding carboxylic acids is 1. The summed E-state index contributed by atoms with van der Waals surface area (Å²) in [6.45, 7) is 0. The number of carbonyl (C=O) groups is 1. The topological polar surface area (TPSA) is 130 Å². The second-order valence-corrected chi connectivity index (χ2v) is 7.71. The van der Waals surface area contributed by atoms with Crippen LogP contribution in [0, 0.1) is 17.8 Å². The number of azo groups is 1. The van der Waals surface area contributed by atoms with Crippen LogP contribution in [0.5, 0.6) is 11.5 Å². The summed E-state index contributed by atoms with van der Waals surface area (Å²) < 4.78 is 15.6. The van der Waals surface area contributed by atoms with Crippen LogP contribution in [-0.2, 0) is 14.3 Å². The summed E-state index contributed by atoms with van der Waals surface area (Å²) in [6.07, 6.45) is -0.139. The molecule has 0 spiro atoms. The standard InChI is InChI=1S/C23H24N2O7/c1-30-21(27)17-12-31-23(29)20-15(17)8-9-16(20)22(28)32-14-7-10-18(19(26)11-14)25-24-13-5-3-2-4-6-13/h2-7,10-12,15-16,20,22-23,26,28-29H,8-9H2,1H3/b25-24+. The lowest BCUT2D eigenvalue weighted by Gasteiger charge is -2.34. The van der Waals surface area contributed by atoms with Crippen molar-refractivity contribution >= 4 is 17.3 Å². The van der Waals surface area contributed by atoms with Gasteiger partial charge in [0.1, 0.15) is 17.2 Å². The highest BCUT2D eigenvalue weighted by Gasteiger charge is 2.50. The molecule has 3 N–H and O–H groups in total. The Hall–Kier alpha value is -3.43. The van der Waals surface area contributed by atoms with E-state index in [4.69, 9.17) is 14.2 Å². The van der Waals surface area contributed by atoms with Gasteiger partial charge in [0.2, 0.25) is 6.29 Å². The molecular weight excluding hydrogens is 416 g/mol. The number of rotatable bonds is 6. The van der Waals surface area contributed by atoms with Gasteiger partial charge >= 0.3 is 5.97 Å². The molecule has 5 unspecified atom stereocenters. The predicted octanol–water partition coefficient (Wildman–Crippen LogP) is 3.55. The number of phenols is 1. The molecule has 1 saturated carbocycles. The number of benzene rings is 2. The maximum atomic E-state index is 12.0. The summed E-state index contributed by atoms with van der Waals surface area (Å²) in [5.74, 6) is -1.76. The second kappa shape index (κ2) is 9.37. The summed E-state index contributed by atoms with van der Waals surface area (Å²) in [5, 5.41) is 39.4. The van der Waals surface area contributed by atoms with E-state index in [1.54, 1.807) is 18.2 Å². The largest absolute Gasteiger partial charge is 0.505 e. The van der Waals surface area contributed by atoms with E-state index in [0.29, 0.717) is 24.1 Å². The van der Waals surface area contributed by atoms with Crippen LogP contribution in [0.2, 0.25) is 0 Å². The van der Waals surface area contributed by atoms with Crippen LogP contribution in [0.1, 0.15) is 12.8 Å². The fourth-order valence-electron chi connectivity index (χ4n) is 4.29. The van der Waals surface area contributed by atoms with Crippen molar-refractivity contribution in [3.63, 3.8) is 0 Å². The first-order valence-electron chi connectivity index (χ1n) is 10.2. The van der Waals surface area contributed by atoms with Crippen LogP contribution in [-0.4, -0.2) is 41.0 Å². The molecule has 0 radical (unpaired) electrons. The van der Waals surface area contributed by atoms with Crippen LogP contribution in [0.25, 0.3) is 0 Å². The van der Waals surface area contributed by atoms with E-state index in [9.17, 15) is 20.1 Å². The van der Waals surface area contributed by atoms with Gasteiger partial charge in [-0.2, -0.15) is 5.11 Å². The molecule has 0 amide bonds. The number of fused-ring (bicyclic) bond motifs is 1. The Bertz CT molecular complexity index is 1020. The number of aromatic hydroxyl groups is 1. The van der Waals surface area contributed by atoms with E-state index < -0.39 is 30.4 Å². The van der Waals surface area contributed by atoms with Crippen molar-refractivity contribution in [1.29, 1.82) is 0 Å². The highest BCUT2D eigenvalue weighted by atomic mass is 16.6. The predicted molar refractivity (Wildman–Crippen MR) is 112 cm³/mol. The Balaban J connectivity index is 1.44. The van der Waals surface area contributed by atoms with Crippen LogP contribution in [0.15, 0.2) is 70.6 Å². The van der Waals surface area contributed by atoms with Crippen molar-refractivity contribution in [3.8, 4) is 11.5 Å². The Labute approximate surface area is 184 Å². The van der Waals surface area contributed by atoms with Crippen molar-refractivity contribution in [1.82, 2.24) is 0 Å². The molecule has 1 aliphatic heterocycles. The Morgan fingerprint density at radius 2 is 1.94 bits per heavy atom. The molecule has 4 rings (SSSR count). The van der Waals surface area contributed by atoms with E-state index in [-0.39, 0.29) is 23.1 Å². The van der Waals surface area contributed by atoms with E-state index in [1.165, 1.54) is 25.5 Å². The average Bonchev–Trinajstić information content (AvgIpc) is 3.25. The van der Waals surface area contributed by atoms with Gasteiger partial charge in [-0.05, 0) is 37.1 Å². The number of methoxy groups -OCH3 is 1. The van der Waals surface area contributed by atoms with Crippen LogP contribution < -0.4 is 4.74 Å². The maximum absolute atomic E-state index is 12.0. The lowest BCUT2D eigenvalue weighted by molar-refractivity contribution is -0.164. The number of phenolic OH excluding ortho intramolecular Hbond substituents is 1. The van der Waals surface area contributed by atoms with Crippen LogP contribution in [0.3, 0.4) is 0 Å². The van der Waals surface area contributed by atoms with Gasteiger partial charge in [-0.1, -0.05) is 18.2 Å². The average molecular weight is 440 g/mol. The summed E-state index contributed by atoms with van der Waals surface area (Å²) in [7, 11) is 1.28. The minimum Gasteiger partial charge on any atom is -0.505 e. The fraction of sp³-hybridized carbons (Fsp3) is 0.348. The Morgan fingerprint density at radius 1 is 1.16 bits per heavy atom. The minimum atomic E-state index is -1.28. The van der Waals surface area contributed by atoms with Gasteiger partial charge in [0, 0.05) is 23.8 Å². The first kappa shape index (κ1) is 21.8. The third kappa shape index (κ3) is 4.44. The number of aliphatic hydroxyl groups is 2. The zero-order valence-electron chi connectivity index (χ0n) is 17.4. The molecule has 1 aliphatic carbocycles. The summed E-state index contributed by atoms with van der Waals surface area (Å²) >= 11 is 0. The highest BCUT2D eigenvalue weighted by molar-refractivity contribution is 5.89. The Morgan fingerprint density at radius 3 is 2.66 bits per heavy atom. The van der Waals surface area contributed by atoms with Crippen molar-refractivity contribution in [2.24, 2.45) is 28.0 Å². The zero-order valence-corrected chi connectivity index (χ0v) is 17.4. The Kier molecular flexibility index (Phi) is 6.38. The molecule has 0 bridgehead atoms. The van der Waals surface area contributed by atoms with E-state index in [0.717, 1.165) is 0 Å². The van der Waals surface area contributed by atoms with E-state index >= 15 is 0 Å². The number of ether oxygens (including phenoxy) is 3. The number of hydrogen-bond acceptors (Lipinski definition) is 9. The molecule has 0 aromatic heterocycles. The number of hydrogen-bond donors (Lipinski definition) is 3. The molecule has 2 aromatic carbocycles. The first-order valence-corrected chi connectivity index (χ1v) is 10.2.